The predicted molar refractivity (Wildman–Crippen MR) is 79.0 cm³/mol. The van der Waals surface area contributed by atoms with Gasteiger partial charge in [0.1, 0.15) is 0 Å². The number of urea groups is 1. The summed E-state index contributed by atoms with van der Waals surface area (Å²) in [6.45, 7) is 2.87. The van der Waals surface area contributed by atoms with Crippen molar-refractivity contribution in [2.45, 2.75) is 19.8 Å². The van der Waals surface area contributed by atoms with Crippen molar-refractivity contribution < 1.29 is 9.90 Å². The number of rotatable bonds is 6. The molecule has 0 radical (unpaired) electrons. The zero-order valence-corrected chi connectivity index (χ0v) is 12.3. The highest BCUT2D eigenvalue weighted by Crippen LogP contribution is 2.29. The Hall–Kier alpha value is -0.970. The number of aliphatic hydroxyl groups is 1. The lowest BCUT2D eigenvalue weighted by molar-refractivity contribution is 0.187. The van der Waals surface area contributed by atoms with E-state index in [1.165, 1.54) is 0 Å². The van der Waals surface area contributed by atoms with Crippen LogP contribution in [0.4, 0.5) is 10.5 Å². The van der Waals surface area contributed by atoms with Crippen molar-refractivity contribution in [3.8, 4) is 0 Å². The molecule has 2 N–H and O–H groups in total. The maximum atomic E-state index is 12.1. The van der Waals surface area contributed by atoms with Crippen LogP contribution in [-0.2, 0) is 0 Å². The molecule has 0 saturated carbocycles. The van der Waals surface area contributed by atoms with E-state index in [0.717, 1.165) is 12.8 Å². The van der Waals surface area contributed by atoms with Gasteiger partial charge in [-0.2, -0.15) is 0 Å². The van der Waals surface area contributed by atoms with Crippen molar-refractivity contribution in [2.75, 3.05) is 25.0 Å². The van der Waals surface area contributed by atoms with Crippen LogP contribution >= 0.6 is 23.2 Å². The van der Waals surface area contributed by atoms with Crippen molar-refractivity contribution in [2.24, 2.45) is 0 Å². The number of unbranched alkanes of at least 4 members (excludes halogenated alkanes) is 1. The molecule has 1 aromatic carbocycles. The molecule has 0 unspecified atom stereocenters. The number of hydrogen-bond acceptors (Lipinski definition) is 2. The molecular formula is C13H18Cl2N2O2. The van der Waals surface area contributed by atoms with E-state index >= 15 is 0 Å². The van der Waals surface area contributed by atoms with Crippen LogP contribution in [0.15, 0.2) is 18.2 Å². The van der Waals surface area contributed by atoms with Gasteiger partial charge in [0, 0.05) is 13.1 Å². The molecule has 106 valence electrons. The van der Waals surface area contributed by atoms with Crippen LogP contribution in [0.2, 0.25) is 10.0 Å². The van der Waals surface area contributed by atoms with Crippen LogP contribution in [0.1, 0.15) is 19.8 Å². The minimum absolute atomic E-state index is 0.0690. The Labute approximate surface area is 123 Å². The average molecular weight is 305 g/mol. The maximum Gasteiger partial charge on any atom is 0.321 e. The number of amides is 2. The summed E-state index contributed by atoms with van der Waals surface area (Å²) >= 11 is 11.9. The van der Waals surface area contributed by atoms with Gasteiger partial charge in [-0.3, -0.25) is 0 Å². The smallest absolute Gasteiger partial charge is 0.321 e. The van der Waals surface area contributed by atoms with Gasteiger partial charge in [-0.25, -0.2) is 4.79 Å². The molecule has 6 heteroatoms. The molecule has 19 heavy (non-hydrogen) atoms. The third-order valence-electron chi connectivity index (χ3n) is 2.63. The Kier molecular flexibility index (Phi) is 6.99. The summed E-state index contributed by atoms with van der Waals surface area (Å²) < 4.78 is 0. The monoisotopic (exact) mass is 304 g/mol. The van der Waals surface area contributed by atoms with Crippen molar-refractivity contribution in [1.82, 2.24) is 4.90 Å². The van der Waals surface area contributed by atoms with Gasteiger partial charge >= 0.3 is 6.03 Å². The molecular weight excluding hydrogens is 287 g/mol. The highest BCUT2D eigenvalue weighted by molar-refractivity contribution is 6.43. The van der Waals surface area contributed by atoms with Crippen LogP contribution in [0.25, 0.3) is 0 Å². The van der Waals surface area contributed by atoms with E-state index in [0.29, 0.717) is 28.8 Å². The van der Waals surface area contributed by atoms with E-state index in [9.17, 15) is 4.79 Å². The van der Waals surface area contributed by atoms with Gasteiger partial charge in [0.25, 0.3) is 0 Å². The van der Waals surface area contributed by atoms with Gasteiger partial charge in [-0.1, -0.05) is 42.6 Å². The van der Waals surface area contributed by atoms with Gasteiger partial charge in [0.2, 0.25) is 0 Å². The Bertz CT molecular complexity index is 427. The second kappa shape index (κ2) is 8.25. The Morgan fingerprint density at radius 1 is 1.37 bits per heavy atom. The third kappa shape index (κ3) is 4.90. The fraction of sp³-hybridized carbons (Fsp3) is 0.462. The molecule has 0 spiro atoms. The number of nitrogens with zero attached hydrogens (tertiary/aromatic N) is 1. The van der Waals surface area contributed by atoms with Crippen molar-refractivity contribution in [3.05, 3.63) is 28.2 Å². The topological polar surface area (TPSA) is 52.6 Å². The van der Waals surface area contributed by atoms with E-state index in [1.54, 1.807) is 23.1 Å². The summed E-state index contributed by atoms with van der Waals surface area (Å²) in [7, 11) is 0. The largest absolute Gasteiger partial charge is 0.395 e. The third-order valence-corrected chi connectivity index (χ3v) is 3.45. The van der Waals surface area contributed by atoms with E-state index < -0.39 is 0 Å². The molecule has 1 rings (SSSR count). The summed E-state index contributed by atoms with van der Waals surface area (Å²) in [5.74, 6) is 0. The minimum atomic E-state index is -0.285. The molecule has 0 aromatic heterocycles. The lowest BCUT2D eigenvalue weighted by atomic mass is 10.3. The van der Waals surface area contributed by atoms with Crippen molar-refractivity contribution in [1.29, 1.82) is 0 Å². The molecule has 0 saturated heterocycles. The van der Waals surface area contributed by atoms with Crippen LogP contribution in [0, 0.1) is 0 Å². The second-order valence-electron chi connectivity index (χ2n) is 4.10. The molecule has 0 fully saturated rings. The molecule has 0 bridgehead atoms. The molecule has 0 aliphatic rings. The first-order valence-electron chi connectivity index (χ1n) is 6.21. The van der Waals surface area contributed by atoms with Crippen LogP contribution in [-0.4, -0.2) is 35.7 Å². The fourth-order valence-corrected chi connectivity index (χ4v) is 1.93. The van der Waals surface area contributed by atoms with E-state index in [-0.39, 0.29) is 12.6 Å². The number of nitrogens with one attached hydrogen (secondary N) is 1. The summed E-state index contributed by atoms with van der Waals surface area (Å²) in [5.41, 5.74) is 0.471. The summed E-state index contributed by atoms with van der Waals surface area (Å²) in [6.07, 6.45) is 1.86. The normalized spacial score (nSPS) is 10.3. The van der Waals surface area contributed by atoms with Crippen LogP contribution < -0.4 is 5.32 Å². The highest BCUT2D eigenvalue weighted by Gasteiger charge is 2.14. The zero-order chi connectivity index (χ0) is 14.3. The number of hydrogen-bond donors (Lipinski definition) is 2. The van der Waals surface area contributed by atoms with Crippen molar-refractivity contribution in [3.63, 3.8) is 0 Å². The first kappa shape index (κ1) is 16.1. The molecule has 1 aromatic rings. The summed E-state index contributed by atoms with van der Waals surface area (Å²) in [4.78, 5) is 13.6. The van der Waals surface area contributed by atoms with Gasteiger partial charge in [0.05, 0.1) is 22.3 Å². The molecule has 0 aliphatic carbocycles. The van der Waals surface area contributed by atoms with Crippen molar-refractivity contribution >= 4 is 34.9 Å². The van der Waals surface area contributed by atoms with E-state index in [2.05, 4.69) is 5.32 Å². The average Bonchev–Trinajstić information content (AvgIpc) is 2.39. The fourth-order valence-electron chi connectivity index (χ4n) is 1.58. The lowest BCUT2D eigenvalue weighted by Gasteiger charge is -2.22. The predicted octanol–water partition coefficient (Wildman–Crippen LogP) is 3.62. The highest BCUT2D eigenvalue weighted by atomic mass is 35.5. The number of halogens is 2. The van der Waals surface area contributed by atoms with Gasteiger partial charge < -0.3 is 15.3 Å². The van der Waals surface area contributed by atoms with E-state index in [1.807, 2.05) is 6.92 Å². The molecule has 2 amide bonds. The quantitative estimate of drug-likeness (QED) is 0.843. The molecule has 4 nitrogen and oxygen atoms in total. The number of aliphatic hydroxyl groups excluding tert-OH is 1. The van der Waals surface area contributed by atoms with Crippen LogP contribution in [0.3, 0.4) is 0 Å². The Morgan fingerprint density at radius 2 is 2.11 bits per heavy atom. The Morgan fingerprint density at radius 3 is 2.74 bits per heavy atom. The van der Waals surface area contributed by atoms with Gasteiger partial charge in [-0.05, 0) is 18.6 Å². The zero-order valence-electron chi connectivity index (χ0n) is 10.8. The number of carbonyl (C=O) groups excluding carboxylic acids is 1. The first-order valence-corrected chi connectivity index (χ1v) is 6.96. The Balaban J connectivity index is 2.72. The second-order valence-corrected chi connectivity index (χ2v) is 4.88. The lowest BCUT2D eigenvalue weighted by Crippen LogP contribution is -2.37. The molecule has 0 heterocycles. The first-order chi connectivity index (χ1) is 9.10. The molecule has 0 atom stereocenters. The van der Waals surface area contributed by atoms with Gasteiger partial charge in [0.15, 0.2) is 0 Å². The number of benzene rings is 1. The number of anilines is 1. The van der Waals surface area contributed by atoms with E-state index in [4.69, 9.17) is 28.3 Å². The SMILES string of the molecule is CCCCN(CCO)C(=O)Nc1cccc(Cl)c1Cl. The number of carbonyl (C=O) groups is 1. The minimum Gasteiger partial charge on any atom is -0.395 e. The standard InChI is InChI=1S/C13H18Cl2N2O2/c1-2-3-7-17(8-9-18)13(19)16-11-6-4-5-10(14)12(11)15/h4-6,18H,2-3,7-9H2,1H3,(H,16,19). The maximum absolute atomic E-state index is 12.1. The summed E-state index contributed by atoms with van der Waals surface area (Å²) in [6, 6.07) is 4.77. The summed E-state index contributed by atoms with van der Waals surface area (Å²) in [5, 5.41) is 12.4. The molecule has 0 aliphatic heterocycles. The van der Waals surface area contributed by atoms with Gasteiger partial charge in [-0.15, -0.1) is 0 Å². The van der Waals surface area contributed by atoms with Crippen LogP contribution in [0.5, 0.6) is 0 Å².